The third-order valence-corrected chi connectivity index (χ3v) is 5.04. The highest BCUT2D eigenvalue weighted by atomic mass is 16.2. The van der Waals surface area contributed by atoms with Crippen molar-refractivity contribution in [3.8, 4) is 0 Å². The van der Waals surface area contributed by atoms with E-state index < -0.39 is 0 Å². The molecule has 0 radical (unpaired) electrons. The summed E-state index contributed by atoms with van der Waals surface area (Å²) in [6.07, 6.45) is 4.56. The normalized spacial score (nSPS) is 19.9. The molecule has 1 aliphatic rings. The van der Waals surface area contributed by atoms with Crippen LogP contribution in [0.3, 0.4) is 0 Å². The monoisotopic (exact) mass is 320 g/mol. The number of aromatic nitrogens is 2. The number of nitrogens with zero attached hydrogens (tertiary/aromatic N) is 4. The topological polar surface area (TPSA) is 41.4 Å². The van der Waals surface area contributed by atoms with Gasteiger partial charge < -0.3 is 4.90 Å². The predicted octanol–water partition coefficient (Wildman–Crippen LogP) is 2.91. The van der Waals surface area contributed by atoms with Crippen molar-refractivity contribution in [3.63, 3.8) is 0 Å². The first-order valence-electron chi connectivity index (χ1n) is 8.82. The van der Waals surface area contributed by atoms with Gasteiger partial charge in [0.25, 0.3) is 0 Å². The van der Waals surface area contributed by atoms with Crippen LogP contribution in [0.2, 0.25) is 0 Å². The summed E-state index contributed by atoms with van der Waals surface area (Å²) in [5.41, 5.74) is 3.39. The number of hydrogen-bond donors (Lipinski definition) is 0. The average Bonchev–Trinajstić information content (AvgIpc) is 2.66. The molecule has 1 atom stereocenters. The minimum atomic E-state index is 0.0308. The third-order valence-electron chi connectivity index (χ3n) is 5.04. The van der Waals surface area contributed by atoms with Gasteiger partial charge in [0.1, 0.15) is 0 Å². The van der Waals surface area contributed by atoms with Gasteiger partial charge >= 0.3 is 0 Å². The average molecular weight is 320 g/mol. The number of likely N-dealkylation sites (tertiary alicyclic amines) is 1. The Morgan fingerprint density at radius 2 is 2.00 bits per heavy atom. The Kier molecular flexibility index (Phi) is 5.84. The Balaban J connectivity index is 2.12. The molecule has 1 aromatic rings. The molecule has 1 amide bonds. The molecule has 1 aromatic heterocycles. The Bertz CT molecular complexity index is 549. The molecule has 2 rings (SSSR count). The van der Waals surface area contributed by atoms with Gasteiger partial charge in [0.05, 0.1) is 11.7 Å². The number of carbonyl (C=O) groups is 1. The fraction of sp³-hybridized carbons (Fsp3) is 0.778. The minimum absolute atomic E-state index is 0.0308. The number of rotatable bonds is 4. The molecule has 2 heterocycles. The molecule has 1 saturated heterocycles. The standard InChI is InChI=1S/C18H32N4O/c1-13(2)22-15(4)16(14(3)19-22)12-21(6)18(23)17-10-8-7-9-11-20(17)5/h13,17H,7-12H2,1-6H3/t17-/m0/s1. The lowest BCUT2D eigenvalue weighted by Gasteiger charge is -2.29. The molecule has 0 spiro atoms. The van der Waals surface area contributed by atoms with Gasteiger partial charge in [0, 0.05) is 30.9 Å². The maximum absolute atomic E-state index is 12.9. The lowest BCUT2D eigenvalue weighted by atomic mass is 10.1. The van der Waals surface area contributed by atoms with Crippen molar-refractivity contribution in [3.05, 3.63) is 17.0 Å². The summed E-state index contributed by atoms with van der Waals surface area (Å²) in [4.78, 5) is 17.0. The summed E-state index contributed by atoms with van der Waals surface area (Å²) in [6, 6.07) is 0.375. The van der Waals surface area contributed by atoms with E-state index in [2.05, 4.69) is 42.5 Å². The highest BCUT2D eigenvalue weighted by Gasteiger charge is 2.28. The van der Waals surface area contributed by atoms with E-state index in [0.717, 1.165) is 25.1 Å². The van der Waals surface area contributed by atoms with Gasteiger partial charge in [0.2, 0.25) is 5.91 Å². The second-order valence-electron chi connectivity index (χ2n) is 7.23. The van der Waals surface area contributed by atoms with Crippen LogP contribution in [0.25, 0.3) is 0 Å². The van der Waals surface area contributed by atoms with E-state index in [4.69, 9.17) is 0 Å². The number of carbonyl (C=O) groups excluding carboxylic acids is 1. The fourth-order valence-corrected chi connectivity index (χ4v) is 3.56. The summed E-state index contributed by atoms with van der Waals surface area (Å²) >= 11 is 0. The summed E-state index contributed by atoms with van der Waals surface area (Å²) in [5, 5.41) is 4.63. The van der Waals surface area contributed by atoms with Crippen LogP contribution < -0.4 is 0 Å². The van der Waals surface area contributed by atoms with Crippen molar-refractivity contribution >= 4 is 5.91 Å². The number of hydrogen-bond acceptors (Lipinski definition) is 3. The first-order valence-corrected chi connectivity index (χ1v) is 8.82. The molecular weight excluding hydrogens is 288 g/mol. The molecule has 0 bridgehead atoms. The summed E-state index contributed by atoms with van der Waals surface area (Å²) < 4.78 is 2.06. The van der Waals surface area contributed by atoms with Gasteiger partial charge in [-0.1, -0.05) is 12.8 Å². The van der Waals surface area contributed by atoms with Crippen LogP contribution in [0.1, 0.15) is 62.5 Å². The quantitative estimate of drug-likeness (QED) is 0.856. The maximum Gasteiger partial charge on any atom is 0.239 e. The van der Waals surface area contributed by atoms with Gasteiger partial charge in [-0.2, -0.15) is 5.10 Å². The Morgan fingerprint density at radius 3 is 2.61 bits per heavy atom. The fourth-order valence-electron chi connectivity index (χ4n) is 3.56. The number of amides is 1. The van der Waals surface area contributed by atoms with Gasteiger partial charge in [-0.25, -0.2) is 0 Å². The lowest BCUT2D eigenvalue weighted by Crippen LogP contribution is -2.45. The van der Waals surface area contributed by atoms with Crippen molar-refractivity contribution < 1.29 is 4.79 Å². The second kappa shape index (κ2) is 7.47. The largest absolute Gasteiger partial charge is 0.340 e. The molecular formula is C18H32N4O. The molecule has 0 aromatic carbocycles. The Morgan fingerprint density at radius 1 is 1.30 bits per heavy atom. The van der Waals surface area contributed by atoms with Gasteiger partial charge in [0.15, 0.2) is 0 Å². The van der Waals surface area contributed by atoms with E-state index in [1.807, 2.05) is 18.9 Å². The Hall–Kier alpha value is -1.36. The molecule has 0 unspecified atom stereocenters. The highest BCUT2D eigenvalue weighted by Crippen LogP contribution is 2.21. The van der Waals surface area contributed by atoms with Crippen LogP contribution in [0, 0.1) is 13.8 Å². The summed E-state index contributed by atoms with van der Waals surface area (Å²) in [6.45, 7) is 10.1. The van der Waals surface area contributed by atoms with Crippen molar-refractivity contribution in [1.82, 2.24) is 19.6 Å². The van der Waals surface area contributed by atoms with Crippen molar-refractivity contribution in [2.24, 2.45) is 0 Å². The summed E-state index contributed by atoms with van der Waals surface area (Å²) in [5.74, 6) is 0.241. The molecule has 1 fully saturated rings. The van der Waals surface area contributed by atoms with E-state index in [-0.39, 0.29) is 11.9 Å². The van der Waals surface area contributed by atoms with Crippen LogP contribution >= 0.6 is 0 Å². The second-order valence-corrected chi connectivity index (χ2v) is 7.23. The lowest BCUT2D eigenvalue weighted by molar-refractivity contribution is -0.135. The van der Waals surface area contributed by atoms with Crippen molar-refractivity contribution in [2.75, 3.05) is 20.6 Å². The van der Waals surface area contributed by atoms with Crippen LogP contribution in [-0.4, -0.2) is 52.2 Å². The van der Waals surface area contributed by atoms with Crippen LogP contribution in [0.5, 0.6) is 0 Å². The zero-order valence-electron chi connectivity index (χ0n) is 15.6. The highest BCUT2D eigenvalue weighted by molar-refractivity contribution is 5.81. The van der Waals surface area contributed by atoms with E-state index in [0.29, 0.717) is 12.6 Å². The molecule has 5 nitrogen and oxygen atoms in total. The Labute approximate surface area is 140 Å². The third kappa shape index (κ3) is 3.94. The molecule has 5 heteroatoms. The SMILES string of the molecule is Cc1nn(C(C)C)c(C)c1CN(C)C(=O)[C@@H]1CCCCCN1C. The van der Waals surface area contributed by atoms with Gasteiger partial charge in [-0.05, 0) is 54.1 Å². The maximum atomic E-state index is 12.9. The van der Waals surface area contributed by atoms with Crippen LogP contribution in [-0.2, 0) is 11.3 Å². The molecule has 130 valence electrons. The number of aryl methyl sites for hydroxylation is 1. The molecule has 23 heavy (non-hydrogen) atoms. The first kappa shape index (κ1) is 18.0. The minimum Gasteiger partial charge on any atom is -0.340 e. The van der Waals surface area contributed by atoms with E-state index >= 15 is 0 Å². The first-order chi connectivity index (χ1) is 10.8. The zero-order valence-corrected chi connectivity index (χ0v) is 15.6. The van der Waals surface area contributed by atoms with Crippen molar-refractivity contribution in [1.29, 1.82) is 0 Å². The molecule has 0 N–H and O–H groups in total. The van der Waals surface area contributed by atoms with E-state index in [9.17, 15) is 4.79 Å². The predicted molar refractivity (Wildman–Crippen MR) is 93.4 cm³/mol. The van der Waals surface area contributed by atoms with Gasteiger partial charge in [-0.15, -0.1) is 0 Å². The number of likely N-dealkylation sites (N-methyl/N-ethyl adjacent to an activating group) is 2. The molecule has 0 aliphatic carbocycles. The van der Waals surface area contributed by atoms with Crippen molar-refractivity contribution in [2.45, 2.75) is 72.0 Å². The molecule has 1 aliphatic heterocycles. The van der Waals surface area contributed by atoms with E-state index in [1.165, 1.54) is 24.1 Å². The summed E-state index contributed by atoms with van der Waals surface area (Å²) in [7, 11) is 4.00. The zero-order chi connectivity index (χ0) is 17.1. The van der Waals surface area contributed by atoms with E-state index in [1.54, 1.807) is 0 Å². The van der Waals surface area contributed by atoms with Gasteiger partial charge in [-0.3, -0.25) is 14.4 Å². The van der Waals surface area contributed by atoms with Crippen LogP contribution in [0.15, 0.2) is 0 Å². The smallest absolute Gasteiger partial charge is 0.239 e. The van der Waals surface area contributed by atoms with Crippen LogP contribution in [0.4, 0.5) is 0 Å². The molecule has 0 saturated carbocycles.